The molecule has 124 valence electrons. The van der Waals surface area contributed by atoms with E-state index in [-0.39, 0.29) is 11.6 Å². The zero-order valence-electron chi connectivity index (χ0n) is 13.1. The highest BCUT2D eigenvalue weighted by Gasteiger charge is 2.22. The molecular weight excluding hydrogens is 320 g/mol. The summed E-state index contributed by atoms with van der Waals surface area (Å²) < 4.78 is 7.24. The molecule has 0 saturated heterocycles. The zero-order chi connectivity index (χ0) is 17.2. The molecule has 3 heterocycles. The minimum absolute atomic E-state index is 0.0922. The molecule has 7 nitrogen and oxygen atoms in total. The van der Waals surface area contributed by atoms with Gasteiger partial charge in [0.25, 0.3) is 0 Å². The Balaban J connectivity index is 1.58. The van der Waals surface area contributed by atoms with E-state index in [1.165, 1.54) is 4.40 Å². The maximum atomic E-state index is 11.4. The molecule has 0 aliphatic heterocycles. The van der Waals surface area contributed by atoms with Crippen LogP contribution in [0.25, 0.3) is 17.0 Å². The van der Waals surface area contributed by atoms with E-state index in [0.717, 1.165) is 11.3 Å². The van der Waals surface area contributed by atoms with Gasteiger partial charge in [0.2, 0.25) is 11.5 Å². The number of nitrogens with zero attached hydrogens (tertiary/aromatic N) is 3. The molecule has 0 bridgehead atoms. The van der Waals surface area contributed by atoms with Gasteiger partial charge in [-0.05, 0) is 23.1 Å². The summed E-state index contributed by atoms with van der Waals surface area (Å²) in [5.41, 5.74) is 1.49. The van der Waals surface area contributed by atoms with Crippen molar-refractivity contribution in [2.24, 2.45) is 0 Å². The van der Waals surface area contributed by atoms with E-state index >= 15 is 0 Å². The van der Waals surface area contributed by atoms with E-state index in [9.17, 15) is 10.1 Å². The number of nitro groups is 1. The normalized spacial score (nSPS) is 10.9. The standard InChI is InChI=1S/C18H14N4O3/c23-22(24)18-17(20-16-8-4-5-11-21(16)18)19-12-14-9-10-15(25-14)13-6-2-1-3-7-13/h1-11,19H,12H2. The number of benzene rings is 1. The molecule has 25 heavy (non-hydrogen) atoms. The van der Waals surface area contributed by atoms with Gasteiger partial charge in [-0.2, -0.15) is 9.38 Å². The summed E-state index contributed by atoms with van der Waals surface area (Å²) in [4.78, 5) is 15.2. The van der Waals surface area contributed by atoms with Crippen LogP contribution < -0.4 is 5.32 Å². The Bertz CT molecular complexity index is 1040. The molecule has 0 spiro atoms. The molecule has 1 aromatic carbocycles. The topological polar surface area (TPSA) is 85.6 Å². The second-order valence-electron chi connectivity index (χ2n) is 5.46. The fourth-order valence-electron chi connectivity index (χ4n) is 2.68. The molecule has 7 heteroatoms. The number of pyridine rings is 1. The fraction of sp³-hybridized carbons (Fsp3) is 0.0556. The van der Waals surface area contributed by atoms with Crippen molar-refractivity contribution in [1.82, 2.24) is 9.38 Å². The van der Waals surface area contributed by atoms with Crippen LogP contribution in [0.3, 0.4) is 0 Å². The Labute approximate surface area is 142 Å². The summed E-state index contributed by atoms with van der Waals surface area (Å²) in [7, 11) is 0. The number of fused-ring (bicyclic) bond motifs is 1. The Kier molecular flexibility index (Phi) is 3.66. The Morgan fingerprint density at radius 2 is 1.88 bits per heavy atom. The number of anilines is 1. The van der Waals surface area contributed by atoms with E-state index in [2.05, 4.69) is 10.3 Å². The van der Waals surface area contributed by atoms with Crippen molar-refractivity contribution in [1.29, 1.82) is 0 Å². The molecule has 0 unspecified atom stereocenters. The Hall–Kier alpha value is -3.61. The van der Waals surface area contributed by atoms with Crippen molar-refractivity contribution in [3.05, 3.63) is 82.7 Å². The van der Waals surface area contributed by atoms with Gasteiger partial charge in [0.05, 0.1) is 12.7 Å². The van der Waals surface area contributed by atoms with Crippen molar-refractivity contribution in [3.63, 3.8) is 0 Å². The molecule has 0 atom stereocenters. The first-order chi connectivity index (χ1) is 12.2. The van der Waals surface area contributed by atoms with Crippen LogP contribution in [0.4, 0.5) is 11.6 Å². The number of hydrogen-bond acceptors (Lipinski definition) is 5. The first-order valence-corrected chi connectivity index (χ1v) is 7.72. The molecule has 4 rings (SSSR count). The average Bonchev–Trinajstić information content (AvgIpc) is 3.25. The highest BCUT2D eigenvalue weighted by molar-refractivity contribution is 5.62. The van der Waals surface area contributed by atoms with Crippen LogP contribution in [-0.4, -0.2) is 14.3 Å². The predicted molar refractivity (Wildman–Crippen MR) is 93.3 cm³/mol. The molecule has 0 amide bonds. The fourth-order valence-corrected chi connectivity index (χ4v) is 2.68. The van der Waals surface area contributed by atoms with Crippen molar-refractivity contribution in [2.75, 3.05) is 5.32 Å². The SMILES string of the molecule is O=[N+]([O-])c1c(NCc2ccc(-c3ccccc3)o2)nc2ccccn12. The lowest BCUT2D eigenvalue weighted by Gasteiger charge is -2.01. The number of rotatable bonds is 5. The van der Waals surface area contributed by atoms with Gasteiger partial charge in [-0.25, -0.2) is 0 Å². The van der Waals surface area contributed by atoms with Gasteiger partial charge in [-0.15, -0.1) is 0 Å². The summed E-state index contributed by atoms with van der Waals surface area (Å²) in [6, 6.07) is 18.7. The van der Waals surface area contributed by atoms with E-state index in [4.69, 9.17) is 4.42 Å². The lowest BCUT2D eigenvalue weighted by molar-refractivity contribution is -0.389. The summed E-state index contributed by atoms with van der Waals surface area (Å²) in [6.07, 6.45) is 1.62. The van der Waals surface area contributed by atoms with E-state index in [1.54, 1.807) is 24.4 Å². The molecule has 1 N–H and O–H groups in total. The van der Waals surface area contributed by atoms with Gasteiger partial charge in [0, 0.05) is 11.6 Å². The van der Waals surface area contributed by atoms with Crippen LogP contribution in [0.2, 0.25) is 0 Å². The van der Waals surface area contributed by atoms with Crippen LogP contribution in [0.1, 0.15) is 5.76 Å². The highest BCUT2D eigenvalue weighted by atomic mass is 16.6. The van der Waals surface area contributed by atoms with E-state index in [1.807, 2.05) is 42.5 Å². The molecular formula is C18H14N4O3. The molecule has 0 radical (unpaired) electrons. The monoisotopic (exact) mass is 334 g/mol. The second kappa shape index (κ2) is 6.12. The summed E-state index contributed by atoms with van der Waals surface area (Å²) >= 11 is 0. The van der Waals surface area contributed by atoms with E-state index < -0.39 is 4.92 Å². The van der Waals surface area contributed by atoms with Gasteiger partial charge in [-0.3, -0.25) is 0 Å². The van der Waals surface area contributed by atoms with E-state index in [0.29, 0.717) is 18.0 Å². The van der Waals surface area contributed by atoms with Crippen LogP contribution in [0.5, 0.6) is 0 Å². The number of aromatic nitrogens is 2. The van der Waals surface area contributed by atoms with Crippen molar-refractivity contribution >= 4 is 17.3 Å². The molecule has 0 fully saturated rings. The Morgan fingerprint density at radius 3 is 2.68 bits per heavy atom. The van der Waals surface area contributed by atoms with Gasteiger partial charge >= 0.3 is 5.82 Å². The van der Waals surface area contributed by atoms with Crippen molar-refractivity contribution < 1.29 is 9.34 Å². The minimum atomic E-state index is -0.445. The summed E-state index contributed by atoms with van der Waals surface area (Å²) in [6.45, 7) is 0.303. The smallest absolute Gasteiger partial charge is 0.372 e. The second-order valence-corrected chi connectivity index (χ2v) is 5.46. The number of nitrogens with one attached hydrogen (secondary N) is 1. The number of furan rings is 1. The number of hydrogen-bond donors (Lipinski definition) is 1. The largest absolute Gasteiger partial charge is 0.459 e. The molecule has 4 aromatic rings. The lowest BCUT2D eigenvalue weighted by atomic mass is 10.2. The Morgan fingerprint density at radius 1 is 1.08 bits per heavy atom. The maximum Gasteiger partial charge on any atom is 0.372 e. The maximum absolute atomic E-state index is 11.4. The minimum Gasteiger partial charge on any atom is -0.459 e. The van der Waals surface area contributed by atoms with Crippen molar-refractivity contribution in [3.8, 4) is 11.3 Å². The van der Waals surface area contributed by atoms with Crippen LogP contribution in [-0.2, 0) is 6.54 Å². The quantitative estimate of drug-likeness (QED) is 0.438. The molecule has 3 aromatic heterocycles. The first-order valence-electron chi connectivity index (χ1n) is 7.72. The first kappa shape index (κ1) is 14.9. The zero-order valence-corrected chi connectivity index (χ0v) is 13.1. The van der Waals surface area contributed by atoms with Gasteiger partial charge < -0.3 is 19.8 Å². The van der Waals surface area contributed by atoms with Gasteiger partial charge in [0.15, 0.2) is 0 Å². The summed E-state index contributed by atoms with van der Waals surface area (Å²) in [5.74, 6) is 1.55. The van der Waals surface area contributed by atoms with Crippen molar-refractivity contribution in [2.45, 2.75) is 6.54 Å². The molecule has 0 aliphatic rings. The van der Waals surface area contributed by atoms with Gasteiger partial charge in [0.1, 0.15) is 11.5 Å². The third kappa shape index (κ3) is 2.83. The average molecular weight is 334 g/mol. The number of imidazole rings is 1. The van der Waals surface area contributed by atoms with Crippen LogP contribution in [0.15, 0.2) is 71.3 Å². The third-order valence-electron chi connectivity index (χ3n) is 3.83. The molecule has 0 aliphatic carbocycles. The van der Waals surface area contributed by atoms with Crippen LogP contribution in [0, 0.1) is 10.1 Å². The third-order valence-corrected chi connectivity index (χ3v) is 3.83. The van der Waals surface area contributed by atoms with Gasteiger partial charge in [-0.1, -0.05) is 36.4 Å². The summed E-state index contributed by atoms with van der Waals surface area (Å²) in [5, 5.41) is 14.4. The highest BCUT2D eigenvalue weighted by Crippen LogP contribution is 2.27. The predicted octanol–water partition coefficient (Wildman–Crippen LogP) is 4.11. The lowest BCUT2D eigenvalue weighted by Crippen LogP contribution is -2.02. The molecule has 0 saturated carbocycles. The van der Waals surface area contributed by atoms with Crippen LogP contribution >= 0.6 is 0 Å².